The van der Waals surface area contributed by atoms with Crippen LogP contribution in [0, 0.1) is 20.8 Å². The lowest BCUT2D eigenvalue weighted by Crippen LogP contribution is -2.22. The third kappa shape index (κ3) is 3.26. The Morgan fingerprint density at radius 2 is 1.96 bits per heavy atom. The van der Waals surface area contributed by atoms with Crippen molar-refractivity contribution in [3.8, 4) is 5.82 Å². The first-order chi connectivity index (χ1) is 13.0. The third-order valence-corrected chi connectivity index (χ3v) is 5.37. The molecule has 3 aromatic heterocycles. The second-order valence-corrected chi connectivity index (χ2v) is 7.28. The number of fused-ring (bicyclic) bond motifs is 1. The van der Waals surface area contributed by atoms with E-state index in [-0.39, 0.29) is 5.56 Å². The summed E-state index contributed by atoms with van der Waals surface area (Å²) in [6.45, 7) is 5.77. The fraction of sp³-hybridized carbons (Fsp3) is 0.200. The summed E-state index contributed by atoms with van der Waals surface area (Å²) in [5, 5.41) is 5.16. The predicted molar refractivity (Wildman–Crippen MR) is 105 cm³/mol. The second-order valence-electron chi connectivity index (χ2n) is 6.33. The lowest BCUT2D eigenvalue weighted by Gasteiger charge is -2.12. The monoisotopic (exact) mass is 378 g/mol. The van der Waals surface area contributed by atoms with Gasteiger partial charge in [-0.05, 0) is 50.6 Å². The zero-order valence-electron chi connectivity index (χ0n) is 15.3. The van der Waals surface area contributed by atoms with E-state index in [2.05, 4.69) is 10.1 Å². The van der Waals surface area contributed by atoms with Gasteiger partial charge in [-0.2, -0.15) is 0 Å². The zero-order chi connectivity index (χ0) is 19.0. The smallest absolute Gasteiger partial charge is 0.267 e. The summed E-state index contributed by atoms with van der Waals surface area (Å²) in [5.74, 6) is 1.96. The summed E-state index contributed by atoms with van der Waals surface area (Å²) in [4.78, 5) is 22.3. The second kappa shape index (κ2) is 7.00. The molecule has 0 saturated heterocycles. The van der Waals surface area contributed by atoms with E-state index in [1.807, 2.05) is 51.1 Å². The van der Waals surface area contributed by atoms with E-state index in [0.717, 1.165) is 22.6 Å². The van der Waals surface area contributed by atoms with Gasteiger partial charge in [0.1, 0.15) is 11.6 Å². The van der Waals surface area contributed by atoms with Gasteiger partial charge in [-0.3, -0.25) is 4.79 Å². The topological polar surface area (TPSA) is 73.8 Å². The summed E-state index contributed by atoms with van der Waals surface area (Å²) in [6, 6.07) is 11.2. The highest BCUT2D eigenvalue weighted by molar-refractivity contribution is 7.98. The highest BCUT2D eigenvalue weighted by atomic mass is 32.2. The molecule has 0 amide bonds. The van der Waals surface area contributed by atoms with E-state index in [9.17, 15) is 4.79 Å². The van der Waals surface area contributed by atoms with Crippen LogP contribution in [0.5, 0.6) is 0 Å². The summed E-state index contributed by atoms with van der Waals surface area (Å²) in [5.41, 5.74) is 3.45. The molecule has 4 aromatic rings. The standard InChI is InChI=1S/C20H18N4O2S/c1-12-8-9-21-18(10-12)24-19(25)15-6-4-5-7-17(15)22-20(24)27-11-16-13(2)23-26-14(16)3/h4-10H,11H2,1-3H3. The Morgan fingerprint density at radius 1 is 1.15 bits per heavy atom. The van der Waals surface area contributed by atoms with Crippen molar-refractivity contribution in [2.75, 3.05) is 0 Å². The quantitative estimate of drug-likeness (QED) is 0.395. The van der Waals surface area contributed by atoms with Gasteiger partial charge in [0.15, 0.2) is 5.16 Å². The van der Waals surface area contributed by atoms with Gasteiger partial charge in [0.05, 0.1) is 16.6 Å². The highest BCUT2D eigenvalue weighted by Gasteiger charge is 2.16. The molecule has 0 aliphatic rings. The molecular formula is C20H18N4O2S. The van der Waals surface area contributed by atoms with Crippen molar-refractivity contribution in [2.45, 2.75) is 31.7 Å². The Balaban J connectivity index is 1.87. The number of rotatable bonds is 4. The maximum absolute atomic E-state index is 13.2. The minimum absolute atomic E-state index is 0.125. The number of aromatic nitrogens is 4. The van der Waals surface area contributed by atoms with E-state index in [1.165, 1.54) is 11.8 Å². The maximum Gasteiger partial charge on any atom is 0.267 e. The van der Waals surface area contributed by atoms with Crippen LogP contribution in [0.2, 0.25) is 0 Å². The molecule has 27 heavy (non-hydrogen) atoms. The zero-order valence-corrected chi connectivity index (χ0v) is 16.1. The summed E-state index contributed by atoms with van der Waals surface area (Å²) in [7, 11) is 0. The molecule has 0 spiro atoms. The summed E-state index contributed by atoms with van der Waals surface area (Å²) >= 11 is 1.47. The van der Waals surface area contributed by atoms with Gasteiger partial charge in [-0.15, -0.1) is 0 Å². The molecule has 1 aromatic carbocycles. The first-order valence-electron chi connectivity index (χ1n) is 8.54. The SMILES string of the molecule is Cc1ccnc(-n2c(SCc3c(C)noc3C)nc3ccccc3c2=O)c1. The van der Waals surface area contributed by atoms with Crippen molar-refractivity contribution in [3.05, 3.63) is 75.5 Å². The molecule has 7 heteroatoms. The average Bonchev–Trinajstić information content (AvgIpc) is 2.98. The van der Waals surface area contributed by atoms with E-state index in [4.69, 9.17) is 9.51 Å². The normalized spacial score (nSPS) is 11.2. The van der Waals surface area contributed by atoms with Crippen LogP contribution < -0.4 is 5.56 Å². The molecule has 0 saturated carbocycles. The van der Waals surface area contributed by atoms with E-state index in [1.54, 1.807) is 16.8 Å². The fourth-order valence-electron chi connectivity index (χ4n) is 2.90. The number of pyridine rings is 1. The molecule has 0 atom stereocenters. The van der Waals surface area contributed by atoms with Gasteiger partial charge in [0.2, 0.25) is 0 Å². The molecule has 3 heterocycles. The minimum Gasteiger partial charge on any atom is -0.361 e. The molecule has 0 aliphatic heterocycles. The highest BCUT2D eigenvalue weighted by Crippen LogP contribution is 2.27. The average molecular weight is 378 g/mol. The summed E-state index contributed by atoms with van der Waals surface area (Å²) in [6.07, 6.45) is 1.70. The van der Waals surface area contributed by atoms with Crippen molar-refractivity contribution >= 4 is 22.7 Å². The largest absolute Gasteiger partial charge is 0.361 e. The van der Waals surface area contributed by atoms with Gasteiger partial charge in [-0.25, -0.2) is 14.5 Å². The molecule has 0 unspecified atom stereocenters. The van der Waals surface area contributed by atoms with E-state index >= 15 is 0 Å². The molecule has 0 N–H and O–H groups in total. The van der Waals surface area contributed by atoms with Gasteiger partial charge in [0.25, 0.3) is 5.56 Å². The van der Waals surface area contributed by atoms with Crippen LogP contribution >= 0.6 is 11.8 Å². The predicted octanol–water partition coefficient (Wildman–Crippen LogP) is 3.99. The minimum atomic E-state index is -0.125. The lowest BCUT2D eigenvalue weighted by atomic mass is 10.2. The first-order valence-corrected chi connectivity index (χ1v) is 9.52. The van der Waals surface area contributed by atoms with Crippen molar-refractivity contribution in [2.24, 2.45) is 0 Å². The number of hydrogen-bond donors (Lipinski definition) is 0. The van der Waals surface area contributed by atoms with Crippen molar-refractivity contribution in [1.82, 2.24) is 19.7 Å². The number of benzene rings is 1. The first kappa shape index (κ1) is 17.5. The number of thioether (sulfide) groups is 1. The number of aryl methyl sites for hydroxylation is 3. The van der Waals surface area contributed by atoms with Gasteiger partial charge >= 0.3 is 0 Å². The third-order valence-electron chi connectivity index (χ3n) is 4.40. The van der Waals surface area contributed by atoms with E-state index in [0.29, 0.717) is 27.6 Å². The molecular weight excluding hydrogens is 360 g/mol. The van der Waals surface area contributed by atoms with E-state index < -0.39 is 0 Å². The van der Waals surface area contributed by atoms with Crippen LogP contribution in [-0.2, 0) is 5.75 Å². The van der Waals surface area contributed by atoms with Crippen molar-refractivity contribution in [1.29, 1.82) is 0 Å². The summed E-state index contributed by atoms with van der Waals surface area (Å²) < 4.78 is 6.83. The molecule has 4 rings (SSSR count). The van der Waals surface area contributed by atoms with Crippen LogP contribution in [0.3, 0.4) is 0 Å². The Bertz CT molecular complexity index is 1180. The molecule has 0 fully saturated rings. The van der Waals surface area contributed by atoms with Crippen LogP contribution in [0.15, 0.2) is 57.1 Å². The van der Waals surface area contributed by atoms with Crippen LogP contribution in [0.1, 0.15) is 22.6 Å². The lowest BCUT2D eigenvalue weighted by molar-refractivity contribution is 0.392. The number of para-hydroxylation sites is 1. The van der Waals surface area contributed by atoms with Crippen LogP contribution in [-0.4, -0.2) is 19.7 Å². The Hall–Kier alpha value is -2.93. The Morgan fingerprint density at radius 3 is 2.70 bits per heavy atom. The maximum atomic E-state index is 13.2. The molecule has 0 bridgehead atoms. The Kier molecular flexibility index (Phi) is 4.53. The molecule has 6 nitrogen and oxygen atoms in total. The van der Waals surface area contributed by atoms with Crippen LogP contribution in [0.4, 0.5) is 0 Å². The van der Waals surface area contributed by atoms with Gasteiger partial charge in [0, 0.05) is 17.5 Å². The van der Waals surface area contributed by atoms with Crippen LogP contribution in [0.25, 0.3) is 16.7 Å². The number of hydrogen-bond acceptors (Lipinski definition) is 6. The van der Waals surface area contributed by atoms with Crippen molar-refractivity contribution < 1.29 is 4.52 Å². The molecule has 0 radical (unpaired) electrons. The van der Waals surface area contributed by atoms with Crippen molar-refractivity contribution in [3.63, 3.8) is 0 Å². The number of nitrogens with zero attached hydrogens (tertiary/aromatic N) is 4. The molecule has 0 aliphatic carbocycles. The van der Waals surface area contributed by atoms with Gasteiger partial charge in [-0.1, -0.05) is 29.1 Å². The fourth-order valence-corrected chi connectivity index (χ4v) is 4.05. The van der Waals surface area contributed by atoms with Gasteiger partial charge < -0.3 is 4.52 Å². The molecule has 136 valence electrons. The Labute approximate surface area is 160 Å².